The number of hydrogen-bond acceptors (Lipinski definition) is 5. The van der Waals surface area contributed by atoms with E-state index in [4.69, 9.17) is 4.74 Å². The summed E-state index contributed by atoms with van der Waals surface area (Å²) in [6.07, 6.45) is 3.91. The summed E-state index contributed by atoms with van der Waals surface area (Å²) in [5, 5.41) is 8.42. The molecule has 1 heterocycles. The fourth-order valence-corrected chi connectivity index (χ4v) is 6.05. The summed E-state index contributed by atoms with van der Waals surface area (Å²) in [5.41, 5.74) is -0.518. The Morgan fingerprint density at radius 3 is 1.94 bits per heavy atom. The first-order valence-electron chi connectivity index (χ1n) is 11.1. The van der Waals surface area contributed by atoms with Crippen molar-refractivity contribution in [1.29, 1.82) is 0 Å². The number of hydrogen-bond donors (Lipinski definition) is 0. The Bertz CT molecular complexity index is 830. The van der Waals surface area contributed by atoms with Gasteiger partial charge in [0.25, 0.3) is 0 Å². The molecule has 31 heavy (non-hydrogen) atoms. The second kappa shape index (κ2) is 9.10. The summed E-state index contributed by atoms with van der Waals surface area (Å²) in [4.78, 5) is 0. The highest BCUT2D eigenvalue weighted by Crippen LogP contribution is 2.41. The molecule has 182 valence electrons. The molecule has 2 unspecified atom stereocenters. The van der Waals surface area contributed by atoms with Crippen LogP contribution in [0.3, 0.4) is 0 Å². The van der Waals surface area contributed by atoms with Gasteiger partial charge in [0.1, 0.15) is 0 Å². The molecule has 8 heteroatoms. The number of aromatic nitrogens is 3. The minimum Gasteiger partial charge on any atom is -0.376 e. The Balaban J connectivity index is 3.41. The van der Waals surface area contributed by atoms with Gasteiger partial charge in [0.2, 0.25) is 10.0 Å². The molecule has 0 N–H and O–H groups in total. The molecular formula is C23H46N4O3S. The molecular weight excluding hydrogens is 412 g/mol. The number of aryl methyl sites for hydroxylation is 1. The number of rotatable bonds is 9. The van der Waals surface area contributed by atoms with E-state index in [9.17, 15) is 8.42 Å². The summed E-state index contributed by atoms with van der Waals surface area (Å²) in [6, 6.07) is -0.351. The van der Waals surface area contributed by atoms with Crippen molar-refractivity contribution in [2.45, 2.75) is 113 Å². The molecule has 0 fully saturated rings. The zero-order valence-corrected chi connectivity index (χ0v) is 22.9. The molecule has 0 spiro atoms. The lowest BCUT2D eigenvalue weighted by atomic mass is 9.74. The molecule has 0 bridgehead atoms. The molecule has 1 rings (SSSR count). The average molecular weight is 459 g/mol. The van der Waals surface area contributed by atoms with E-state index in [1.165, 1.54) is 6.26 Å². The van der Waals surface area contributed by atoms with Crippen molar-refractivity contribution in [3.63, 3.8) is 0 Å². The summed E-state index contributed by atoms with van der Waals surface area (Å²) >= 11 is 0. The SMILES string of the molecule is Cc1cn(C(C)(C)CC(C)(C)C(COC(C)C(C)(C)C)N(C(C)(C)C)S(C)(=O)=O)nn1. The van der Waals surface area contributed by atoms with Gasteiger partial charge in [-0.15, -0.1) is 5.10 Å². The lowest BCUT2D eigenvalue weighted by molar-refractivity contribution is -0.0615. The monoisotopic (exact) mass is 458 g/mol. The maximum atomic E-state index is 13.0. The van der Waals surface area contributed by atoms with Gasteiger partial charge in [-0.3, -0.25) is 0 Å². The first-order valence-corrected chi connectivity index (χ1v) is 12.9. The number of nitrogens with zero attached hydrogens (tertiary/aromatic N) is 4. The molecule has 2 atom stereocenters. The van der Waals surface area contributed by atoms with E-state index in [0.29, 0.717) is 13.0 Å². The molecule has 0 radical (unpaired) electrons. The Hall–Kier alpha value is -0.990. The molecule has 0 aromatic carbocycles. The highest BCUT2D eigenvalue weighted by Gasteiger charge is 2.46. The van der Waals surface area contributed by atoms with E-state index in [-0.39, 0.29) is 23.1 Å². The van der Waals surface area contributed by atoms with E-state index in [1.54, 1.807) is 4.31 Å². The second-order valence-electron chi connectivity index (χ2n) is 12.4. The maximum absolute atomic E-state index is 13.0. The first-order chi connectivity index (χ1) is 13.6. The Morgan fingerprint density at radius 1 is 1.06 bits per heavy atom. The van der Waals surface area contributed by atoms with Crippen LogP contribution < -0.4 is 0 Å². The second-order valence-corrected chi connectivity index (χ2v) is 14.2. The van der Waals surface area contributed by atoms with Crippen LogP contribution in [0.5, 0.6) is 0 Å². The Labute approximate surface area is 191 Å². The lowest BCUT2D eigenvalue weighted by Gasteiger charge is -2.49. The third-order valence-electron chi connectivity index (χ3n) is 6.04. The predicted octanol–water partition coefficient (Wildman–Crippen LogP) is 4.62. The van der Waals surface area contributed by atoms with Crippen molar-refractivity contribution in [3.8, 4) is 0 Å². The van der Waals surface area contributed by atoms with Crippen molar-refractivity contribution in [2.75, 3.05) is 12.9 Å². The van der Waals surface area contributed by atoms with Gasteiger partial charge in [0.05, 0.1) is 36.2 Å². The van der Waals surface area contributed by atoms with Crippen LogP contribution in [0.4, 0.5) is 0 Å². The van der Waals surface area contributed by atoms with Crippen molar-refractivity contribution in [1.82, 2.24) is 19.3 Å². The largest absolute Gasteiger partial charge is 0.376 e. The zero-order chi connectivity index (χ0) is 24.6. The average Bonchev–Trinajstić information content (AvgIpc) is 2.93. The smallest absolute Gasteiger partial charge is 0.212 e. The van der Waals surface area contributed by atoms with E-state index < -0.39 is 21.0 Å². The standard InChI is InChI=1S/C23H46N4O3S/c1-17-14-26(25-24-17)23(11,12)16-22(9,10)19(15-30-18(2)20(3,4)5)27(21(6,7)8)31(13,28)29/h14,18-19H,15-16H2,1-13H3. The van der Waals surface area contributed by atoms with Crippen molar-refractivity contribution in [2.24, 2.45) is 10.8 Å². The Morgan fingerprint density at radius 2 is 1.58 bits per heavy atom. The van der Waals surface area contributed by atoms with Gasteiger partial charge in [-0.05, 0) is 65.7 Å². The van der Waals surface area contributed by atoms with E-state index in [1.807, 2.05) is 45.5 Å². The minimum atomic E-state index is -3.49. The molecule has 0 aliphatic heterocycles. The van der Waals surface area contributed by atoms with Crippen LogP contribution in [-0.2, 0) is 20.3 Å². The number of sulfonamides is 1. The van der Waals surface area contributed by atoms with E-state index >= 15 is 0 Å². The molecule has 0 saturated heterocycles. The lowest BCUT2D eigenvalue weighted by Crippen LogP contribution is -2.59. The fraction of sp³-hybridized carbons (Fsp3) is 0.913. The number of ether oxygens (including phenoxy) is 1. The topological polar surface area (TPSA) is 77.3 Å². The van der Waals surface area contributed by atoms with Crippen LogP contribution in [0.2, 0.25) is 0 Å². The molecule has 0 amide bonds. The van der Waals surface area contributed by atoms with Gasteiger partial charge in [-0.2, -0.15) is 4.31 Å². The highest BCUT2D eigenvalue weighted by atomic mass is 32.2. The molecule has 0 aliphatic rings. The van der Waals surface area contributed by atoms with Gasteiger partial charge < -0.3 is 4.74 Å². The third kappa shape index (κ3) is 7.53. The molecule has 7 nitrogen and oxygen atoms in total. The van der Waals surface area contributed by atoms with Crippen LogP contribution >= 0.6 is 0 Å². The minimum absolute atomic E-state index is 0.0156. The quantitative estimate of drug-likeness (QED) is 0.540. The van der Waals surface area contributed by atoms with Crippen LogP contribution in [0.25, 0.3) is 0 Å². The summed E-state index contributed by atoms with van der Waals surface area (Å²) in [6.45, 7) is 25.0. The summed E-state index contributed by atoms with van der Waals surface area (Å²) in [7, 11) is -3.49. The molecule has 0 aliphatic carbocycles. The van der Waals surface area contributed by atoms with Crippen molar-refractivity contribution < 1.29 is 13.2 Å². The van der Waals surface area contributed by atoms with Gasteiger partial charge in [-0.1, -0.05) is 39.8 Å². The molecule has 0 saturated carbocycles. The summed E-state index contributed by atoms with van der Waals surface area (Å²) in [5.74, 6) is 0. The fourth-order valence-electron chi connectivity index (χ4n) is 4.25. The van der Waals surface area contributed by atoms with Gasteiger partial charge in [0.15, 0.2) is 0 Å². The van der Waals surface area contributed by atoms with Gasteiger partial charge in [0, 0.05) is 11.7 Å². The molecule has 1 aromatic rings. The van der Waals surface area contributed by atoms with Crippen LogP contribution in [0.1, 0.15) is 88.3 Å². The summed E-state index contributed by atoms with van der Waals surface area (Å²) < 4.78 is 35.8. The van der Waals surface area contributed by atoms with Crippen LogP contribution in [-0.4, -0.2) is 58.3 Å². The molecule has 1 aromatic heterocycles. The normalized spacial score (nSPS) is 16.6. The zero-order valence-electron chi connectivity index (χ0n) is 22.1. The van der Waals surface area contributed by atoms with E-state index in [0.717, 1.165) is 5.69 Å². The first kappa shape index (κ1) is 28.0. The van der Waals surface area contributed by atoms with Gasteiger partial charge in [-0.25, -0.2) is 13.1 Å². The van der Waals surface area contributed by atoms with Crippen LogP contribution in [0.15, 0.2) is 6.20 Å². The third-order valence-corrected chi connectivity index (χ3v) is 7.56. The predicted molar refractivity (Wildman–Crippen MR) is 128 cm³/mol. The van der Waals surface area contributed by atoms with Gasteiger partial charge >= 0.3 is 0 Å². The van der Waals surface area contributed by atoms with Crippen LogP contribution in [0, 0.1) is 17.8 Å². The van der Waals surface area contributed by atoms with E-state index in [2.05, 4.69) is 58.8 Å². The maximum Gasteiger partial charge on any atom is 0.212 e. The van der Waals surface area contributed by atoms with Crippen molar-refractivity contribution in [3.05, 3.63) is 11.9 Å². The highest BCUT2D eigenvalue weighted by molar-refractivity contribution is 7.88. The van der Waals surface area contributed by atoms with Crippen molar-refractivity contribution >= 4 is 10.0 Å². The Kier molecular flexibility index (Phi) is 8.23.